The minimum Gasteiger partial charge on any atom is -0.507 e. The van der Waals surface area contributed by atoms with Gasteiger partial charge in [-0.1, -0.05) is 37.3 Å². The third-order valence-electron chi connectivity index (χ3n) is 3.10. The lowest BCUT2D eigenvalue weighted by atomic mass is 9.98. The van der Waals surface area contributed by atoms with Gasteiger partial charge >= 0.3 is 0 Å². The van der Waals surface area contributed by atoms with Crippen molar-refractivity contribution >= 4 is 22.9 Å². The molecule has 1 aliphatic carbocycles. The second kappa shape index (κ2) is 2.86. The lowest BCUT2D eigenvalue weighted by molar-refractivity contribution is 0.475. The summed E-state index contributed by atoms with van der Waals surface area (Å²) in [6.45, 7) is 2.07. The second-order valence-electron chi connectivity index (χ2n) is 3.93. The molecule has 3 rings (SSSR count). The number of aromatic hydroxyl groups is 1. The highest BCUT2D eigenvalue weighted by Crippen LogP contribution is 2.38. The molecule has 0 radical (unpaired) electrons. The highest BCUT2D eigenvalue weighted by atomic mass is 16.3. The number of benzene rings is 2. The maximum atomic E-state index is 10.1. The van der Waals surface area contributed by atoms with Crippen LogP contribution in [0.25, 0.3) is 22.9 Å². The van der Waals surface area contributed by atoms with Crippen LogP contribution < -0.4 is 0 Å². The predicted molar refractivity (Wildman–Crippen MR) is 63.9 cm³/mol. The third-order valence-corrected chi connectivity index (χ3v) is 3.10. The van der Waals surface area contributed by atoms with Gasteiger partial charge in [-0.2, -0.15) is 0 Å². The molecule has 0 unspecified atom stereocenters. The van der Waals surface area contributed by atoms with Gasteiger partial charge in [0.2, 0.25) is 0 Å². The lowest BCUT2D eigenvalue weighted by Gasteiger charge is -2.08. The van der Waals surface area contributed by atoms with E-state index in [1.54, 1.807) is 0 Å². The first-order chi connectivity index (χ1) is 7.31. The summed E-state index contributed by atoms with van der Waals surface area (Å²) in [5.41, 5.74) is 3.47. The highest BCUT2D eigenvalue weighted by Gasteiger charge is 2.14. The number of rotatable bonds is 1. The number of hydrogen-bond donors (Lipinski definition) is 1. The number of phenolic OH excluding ortho intramolecular Hbond substituents is 1. The summed E-state index contributed by atoms with van der Waals surface area (Å²) in [4.78, 5) is 0. The van der Waals surface area contributed by atoms with Gasteiger partial charge in [0.05, 0.1) is 0 Å². The van der Waals surface area contributed by atoms with Crippen LogP contribution in [0.1, 0.15) is 23.6 Å². The molecule has 0 amide bonds. The Labute approximate surface area is 88.7 Å². The molecular weight excluding hydrogens is 184 g/mol. The average molecular weight is 196 g/mol. The van der Waals surface area contributed by atoms with Gasteiger partial charge in [-0.15, -0.1) is 0 Å². The molecule has 0 saturated carbocycles. The Bertz CT molecular complexity index is 579. The first kappa shape index (κ1) is 8.54. The number of phenols is 1. The molecule has 2 aromatic rings. The molecule has 1 aliphatic rings. The molecule has 0 fully saturated rings. The summed E-state index contributed by atoms with van der Waals surface area (Å²) in [7, 11) is 0. The molecule has 1 N–H and O–H groups in total. The molecule has 1 heteroatoms. The van der Waals surface area contributed by atoms with Crippen LogP contribution in [0.15, 0.2) is 24.3 Å². The molecule has 74 valence electrons. The van der Waals surface area contributed by atoms with Crippen molar-refractivity contribution in [3.8, 4) is 5.75 Å². The fraction of sp³-hybridized carbons (Fsp3) is 0.143. The highest BCUT2D eigenvalue weighted by molar-refractivity contribution is 6.07. The van der Waals surface area contributed by atoms with Crippen LogP contribution in [0.2, 0.25) is 0 Å². The van der Waals surface area contributed by atoms with E-state index in [-0.39, 0.29) is 0 Å². The molecular formula is C14H12O. The van der Waals surface area contributed by atoms with Crippen molar-refractivity contribution in [1.29, 1.82) is 0 Å². The van der Waals surface area contributed by atoms with Gasteiger partial charge in [-0.3, -0.25) is 0 Å². The molecule has 0 spiro atoms. The molecule has 0 aliphatic heterocycles. The van der Waals surface area contributed by atoms with Gasteiger partial charge < -0.3 is 5.11 Å². The minimum absolute atomic E-state index is 0.446. The first-order valence-electron chi connectivity index (χ1n) is 5.27. The van der Waals surface area contributed by atoms with Crippen LogP contribution in [0.5, 0.6) is 5.75 Å². The van der Waals surface area contributed by atoms with Crippen molar-refractivity contribution in [2.24, 2.45) is 0 Å². The van der Waals surface area contributed by atoms with E-state index in [1.165, 1.54) is 16.5 Å². The van der Waals surface area contributed by atoms with Crippen LogP contribution in [-0.4, -0.2) is 5.11 Å². The predicted octanol–water partition coefficient (Wildman–Crippen LogP) is 3.59. The van der Waals surface area contributed by atoms with Crippen LogP contribution in [-0.2, 0) is 6.42 Å². The maximum absolute atomic E-state index is 10.1. The van der Waals surface area contributed by atoms with Gasteiger partial charge in [-0.25, -0.2) is 0 Å². The van der Waals surface area contributed by atoms with E-state index in [4.69, 9.17) is 0 Å². The number of aryl methyl sites for hydroxylation is 1. The molecule has 0 saturated heterocycles. The molecule has 1 nitrogen and oxygen atoms in total. The Balaban J connectivity index is 2.52. The molecule has 0 aromatic heterocycles. The fourth-order valence-electron chi connectivity index (χ4n) is 2.31. The Kier molecular flexibility index (Phi) is 1.63. The van der Waals surface area contributed by atoms with Crippen molar-refractivity contribution < 1.29 is 5.11 Å². The largest absolute Gasteiger partial charge is 0.507 e. The SMILES string of the molecule is CCc1cc2c3c(cccc3c1O)C=C2. The summed E-state index contributed by atoms with van der Waals surface area (Å²) in [6.07, 6.45) is 5.10. The topological polar surface area (TPSA) is 20.2 Å². The van der Waals surface area contributed by atoms with Gasteiger partial charge in [0.15, 0.2) is 0 Å². The van der Waals surface area contributed by atoms with Crippen LogP contribution >= 0.6 is 0 Å². The van der Waals surface area contributed by atoms with Gasteiger partial charge in [0, 0.05) is 5.39 Å². The Morgan fingerprint density at radius 2 is 1.93 bits per heavy atom. The summed E-state index contributed by atoms with van der Waals surface area (Å²) in [6, 6.07) is 8.16. The molecule has 0 bridgehead atoms. The van der Waals surface area contributed by atoms with E-state index in [9.17, 15) is 5.11 Å². The van der Waals surface area contributed by atoms with Gasteiger partial charge in [0.25, 0.3) is 0 Å². The van der Waals surface area contributed by atoms with Crippen LogP contribution in [0.4, 0.5) is 0 Å². The van der Waals surface area contributed by atoms with Crippen molar-refractivity contribution in [1.82, 2.24) is 0 Å². The van der Waals surface area contributed by atoms with Crippen molar-refractivity contribution in [3.63, 3.8) is 0 Å². The van der Waals surface area contributed by atoms with Gasteiger partial charge in [-0.05, 0) is 34.6 Å². The summed E-state index contributed by atoms with van der Waals surface area (Å²) >= 11 is 0. The van der Waals surface area contributed by atoms with E-state index < -0.39 is 0 Å². The molecule has 0 heterocycles. The minimum atomic E-state index is 0.446. The Morgan fingerprint density at radius 1 is 1.13 bits per heavy atom. The van der Waals surface area contributed by atoms with E-state index in [2.05, 4.69) is 31.2 Å². The van der Waals surface area contributed by atoms with E-state index >= 15 is 0 Å². The van der Waals surface area contributed by atoms with E-state index in [1.807, 2.05) is 12.1 Å². The second-order valence-corrected chi connectivity index (χ2v) is 3.93. The zero-order valence-electron chi connectivity index (χ0n) is 8.62. The van der Waals surface area contributed by atoms with Gasteiger partial charge in [0.1, 0.15) is 5.75 Å². The first-order valence-corrected chi connectivity index (χ1v) is 5.27. The molecule has 2 aromatic carbocycles. The summed E-state index contributed by atoms with van der Waals surface area (Å²) in [5.74, 6) is 0.446. The Hall–Kier alpha value is -1.76. The van der Waals surface area contributed by atoms with Crippen molar-refractivity contribution in [3.05, 3.63) is 41.0 Å². The Morgan fingerprint density at radius 3 is 2.73 bits per heavy atom. The van der Waals surface area contributed by atoms with Crippen LogP contribution in [0.3, 0.4) is 0 Å². The van der Waals surface area contributed by atoms with E-state index in [0.717, 1.165) is 17.4 Å². The van der Waals surface area contributed by atoms with Crippen molar-refractivity contribution in [2.45, 2.75) is 13.3 Å². The standard InChI is InChI=1S/C14H12O/c1-2-9-8-11-7-6-10-4-3-5-12(13(10)11)14(9)15/h3-8,15H,2H2,1H3. The fourth-order valence-corrected chi connectivity index (χ4v) is 2.31. The maximum Gasteiger partial charge on any atom is 0.126 e. The lowest BCUT2D eigenvalue weighted by Crippen LogP contribution is -1.86. The average Bonchev–Trinajstić information content (AvgIpc) is 2.68. The van der Waals surface area contributed by atoms with Crippen molar-refractivity contribution in [2.75, 3.05) is 0 Å². The van der Waals surface area contributed by atoms with E-state index in [0.29, 0.717) is 5.75 Å². The van der Waals surface area contributed by atoms with Crippen LogP contribution in [0, 0.1) is 0 Å². The number of hydrogen-bond acceptors (Lipinski definition) is 1. The molecule has 15 heavy (non-hydrogen) atoms. The zero-order valence-corrected chi connectivity index (χ0v) is 8.62. The quantitative estimate of drug-likeness (QED) is 0.630. The molecule has 0 atom stereocenters. The summed E-state index contributed by atoms with van der Waals surface area (Å²) < 4.78 is 0. The smallest absolute Gasteiger partial charge is 0.126 e. The monoisotopic (exact) mass is 196 g/mol. The summed E-state index contributed by atoms with van der Waals surface area (Å²) in [5, 5.41) is 12.3. The third kappa shape index (κ3) is 1.03. The zero-order chi connectivity index (χ0) is 10.4. The normalized spacial score (nSPS) is 12.6.